The van der Waals surface area contributed by atoms with Gasteiger partial charge in [0.25, 0.3) is 0 Å². The van der Waals surface area contributed by atoms with Crippen molar-refractivity contribution in [2.24, 2.45) is 0 Å². The topological polar surface area (TPSA) is 35.6 Å². The lowest BCUT2D eigenvalue weighted by molar-refractivity contribution is 0.945. The van der Waals surface area contributed by atoms with Crippen LogP contribution in [0.4, 0.5) is 0 Å². The van der Waals surface area contributed by atoms with E-state index in [-0.39, 0.29) is 0 Å². The van der Waals surface area contributed by atoms with Crippen molar-refractivity contribution >= 4 is 43.6 Å². The minimum Gasteiger partial charge on any atom is -0.294 e. The summed E-state index contributed by atoms with van der Waals surface area (Å²) >= 11 is 0. The second-order valence-corrected chi connectivity index (χ2v) is 15.7. The summed E-state index contributed by atoms with van der Waals surface area (Å²) < 4.78 is 4.74. The van der Waals surface area contributed by atoms with Crippen LogP contribution in [0.5, 0.6) is 0 Å². The Balaban J connectivity index is 1.18. The maximum Gasteiger partial charge on any atom is 0.137 e. The molecular weight excluding hydrogens is 681 g/mol. The van der Waals surface area contributed by atoms with Gasteiger partial charge in [-0.2, -0.15) is 0 Å². The van der Waals surface area contributed by atoms with Crippen LogP contribution >= 0.6 is 0 Å². The Morgan fingerprint density at radius 1 is 0.393 bits per heavy atom. The highest BCUT2D eigenvalue weighted by molar-refractivity contribution is 6.14. The highest BCUT2D eigenvalue weighted by atomic mass is 15.1. The first kappa shape index (κ1) is 32.6. The number of aromatic nitrogens is 4. The highest BCUT2D eigenvalue weighted by Crippen LogP contribution is 2.45. The number of pyridine rings is 2. The van der Waals surface area contributed by atoms with E-state index in [2.05, 4.69) is 170 Å². The molecule has 268 valence electrons. The quantitative estimate of drug-likeness (QED) is 0.181. The van der Waals surface area contributed by atoms with Crippen molar-refractivity contribution in [1.29, 1.82) is 0 Å². The van der Waals surface area contributed by atoms with Gasteiger partial charge < -0.3 is 0 Å². The fourth-order valence-corrected chi connectivity index (χ4v) is 9.31. The molecule has 4 aromatic heterocycles. The largest absolute Gasteiger partial charge is 0.294 e. The molecule has 0 unspecified atom stereocenters. The first-order chi connectivity index (χ1) is 27.4. The van der Waals surface area contributed by atoms with Gasteiger partial charge in [0.1, 0.15) is 11.6 Å². The van der Waals surface area contributed by atoms with E-state index in [9.17, 15) is 0 Å². The Morgan fingerprint density at radius 2 is 0.821 bits per heavy atom. The minimum absolute atomic E-state index is 0.940. The predicted molar refractivity (Wildman–Crippen MR) is 233 cm³/mol. The lowest BCUT2D eigenvalue weighted by Crippen LogP contribution is -2.05. The average Bonchev–Trinajstić information content (AvgIpc) is 3.70. The lowest BCUT2D eigenvalue weighted by atomic mass is 9.84. The summed E-state index contributed by atoms with van der Waals surface area (Å²) in [7, 11) is 0. The van der Waals surface area contributed by atoms with Gasteiger partial charge in [-0.3, -0.25) is 9.13 Å². The Hall–Kier alpha value is -6.78. The van der Waals surface area contributed by atoms with E-state index in [1.807, 2.05) is 12.4 Å². The molecule has 0 radical (unpaired) electrons. The Morgan fingerprint density at radius 3 is 1.25 bits per heavy atom. The summed E-state index contributed by atoms with van der Waals surface area (Å²) in [6.07, 6.45) is 5.83. The monoisotopic (exact) mass is 720 g/mol. The van der Waals surface area contributed by atoms with Gasteiger partial charge in [-0.1, -0.05) is 60.7 Å². The van der Waals surface area contributed by atoms with Crippen molar-refractivity contribution in [2.75, 3.05) is 0 Å². The molecule has 10 aromatic rings. The zero-order chi connectivity index (χ0) is 37.7. The van der Waals surface area contributed by atoms with Crippen molar-refractivity contribution in [1.82, 2.24) is 19.1 Å². The molecular formula is C52H40N4. The summed E-state index contributed by atoms with van der Waals surface area (Å²) in [4.78, 5) is 9.88. The number of aryl methyl sites for hydroxylation is 6. The maximum atomic E-state index is 4.94. The standard InChI is InChI=1S/C52H40N4/c1-31-19-21-53-51(23-31)55-47-17-15-35(39-11-7-5-9-33(39)3)25-43(47)45-27-37-13-14-38-28-46-44-26-36(40-12-8-6-10-34(40)4)16-18-48(44)56(52-24-32(2)20-22-54-52)50(46)30-42(38)41(37)29-49(45)55/h5-12,15-30H,13-14H2,1-4H3. The van der Waals surface area contributed by atoms with E-state index in [4.69, 9.17) is 9.97 Å². The molecule has 0 saturated heterocycles. The van der Waals surface area contributed by atoms with Gasteiger partial charge in [-0.25, -0.2) is 9.97 Å². The summed E-state index contributed by atoms with van der Waals surface area (Å²) in [5, 5.41) is 5.04. The van der Waals surface area contributed by atoms with E-state index < -0.39 is 0 Å². The van der Waals surface area contributed by atoms with E-state index in [1.54, 1.807) is 0 Å². The molecule has 56 heavy (non-hydrogen) atoms. The summed E-state index contributed by atoms with van der Waals surface area (Å²) in [6, 6.07) is 49.6. The Bertz CT molecular complexity index is 3030. The van der Waals surface area contributed by atoms with Crippen LogP contribution in [-0.4, -0.2) is 19.1 Å². The van der Waals surface area contributed by atoms with E-state index in [0.717, 1.165) is 24.5 Å². The van der Waals surface area contributed by atoms with Gasteiger partial charge in [0, 0.05) is 33.9 Å². The van der Waals surface area contributed by atoms with Crippen LogP contribution in [0.1, 0.15) is 33.4 Å². The first-order valence-electron chi connectivity index (χ1n) is 19.6. The average molecular weight is 721 g/mol. The van der Waals surface area contributed by atoms with E-state index >= 15 is 0 Å². The van der Waals surface area contributed by atoms with Gasteiger partial charge in [0.2, 0.25) is 0 Å². The molecule has 0 N–H and O–H groups in total. The molecule has 4 nitrogen and oxygen atoms in total. The molecule has 0 amide bonds. The fourth-order valence-electron chi connectivity index (χ4n) is 9.31. The third kappa shape index (κ3) is 4.99. The maximum absolute atomic E-state index is 4.94. The number of fused-ring (bicyclic) bond motifs is 9. The SMILES string of the molecule is Cc1ccnc(-n2c3ccc(-c4ccccc4C)cc3c3cc4c(cc32)-c2cc3c(cc2CC4)c2cc(-c4ccccc4C)ccc2n3-c2cc(C)ccn2)c1. The zero-order valence-electron chi connectivity index (χ0n) is 32.1. The molecule has 0 aliphatic heterocycles. The molecule has 0 fully saturated rings. The number of hydrogen-bond acceptors (Lipinski definition) is 2. The molecule has 0 atom stereocenters. The van der Waals surface area contributed by atoms with Crippen LogP contribution in [0.15, 0.2) is 146 Å². The van der Waals surface area contributed by atoms with Crippen molar-refractivity contribution in [3.8, 4) is 45.0 Å². The molecule has 0 bridgehead atoms. The van der Waals surface area contributed by atoms with Crippen LogP contribution in [-0.2, 0) is 12.8 Å². The smallest absolute Gasteiger partial charge is 0.137 e. The summed E-state index contributed by atoms with van der Waals surface area (Å²) in [6.45, 7) is 8.68. The van der Waals surface area contributed by atoms with Crippen LogP contribution in [0.25, 0.3) is 88.6 Å². The molecule has 1 aliphatic carbocycles. The Kier molecular flexibility index (Phi) is 7.21. The van der Waals surface area contributed by atoms with Crippen molar-refractivity contribution in [2.45, 2.75) is 40.5 Å². The number of hydrogen-bond donors (Lipinski definition) is 0. The van der Waals surface area contributed by atoms with Gasteiger partial charge in [0.05, 0.1) is 22.1 Å². The molecule has 6 aromatic carbocycles. The van der Waals surface area contributed by atoms with Crippen LogP contribution in [0.3, 0.4) is 0 Å². The van der Waals surface area contributed by atoms with Crippen LogP contribution < -0.4 is 0 Å². The molecule has 4 heteroatoms. The number of benzene rings is 6. The van der Waals surface area contributed by atoms with Gasteiger partial charge in [-0.15, -0.1) is 0 Å². The summed E-state index contributed by atoms with van der Waals surface area (Å²) in [5.74, 6) is 1.88. The zero-order valence-corrected chi connectivity index (χ0v) is 32.1. The van der Waals surface area contributed by atoms with Crippen molar-refractivity contribution < 1.29 is 0 Å². The molecule has 4 heterocycles. The minimum atomic E-state index is 0.940. The summed E-state index contributed by atoms with van der Waals surface area (Å²) in [5.41, 5.74) is 20.0. The van der Waals surface area contributed by atoms with Crippen molar-refractivity contribution in [3.63, 3.8) is 0 Å². The normalized spacial score (nSPS) is 12.5. The lowest BCUT2D eigenvalue weighted by Gasteiger charge is -2.21. The predicted octanol–water partition coefficient (Wildman–Crippen LogP) is 13.0. The van der Waals surface area contributed by atoms with Gasteiger partial charge >= 0.3 is 0 Å². The molecule has 0 spiro atoms. The van der Waals surface area contributed by atoms with Crippen LogP contribution in [0, 0.1) is 27.7 Å². The van der Waals surface area contributed by atoms with E-state index in [0.29, 0.717) is 0 Å². The Labute approximate surface area is 326 Å². The first-order valence-corrected chi connectivity index (χ1v) is 19.6. The second kappa shape index (κ2) is 12.4. The third-order valence-corrected chi connectivity index (χ3v) is 12.1. The van der Waals surface area contributed by atoms with Crippen molar-refractivity contribution in [3.05, 3.63) is 179 Å². The van der Waals surface area contributed by atoms with Gasteiger partial charge in [-0.05, 0) is 180 Å². The number of nitrogens with zero attached hydrogens (tertiary/aromatic N) is 4. The third-order valence-electron chi connectivity index (χ3n) is 12.1. The van der Waals surface area contributed by atoms with Crippen LogP contribution in [0.2, 0.25) is 0 Å². The highest BCUT2D eigenvalue weighted by Gasteiger charge is 2.24. The number of rotatable bonds is 4. The van der Waals surface area contributed by atoms with Gasteiger partial charge in [0.15, 0.2) is 0 Å². The fraction of sp³-hybridized carbons (Fsp3) is 0.115. The van der Waals surface area contributed by atoms with E-state index in [1.165, 1.54) is 110 Å². The molecule has 1 aliphatic rings. The second-order valence-electron chi connectivity index (χ2n) is 15.7. The molecule has 11 rings (SSSR count). The molecule has 0 saturated carbocycles.